The topological polar surface area (TPSA) is 95.1 Å². The summed E-state index contributed by atoms with van der Waals surface area (Å²) in [5.74, 6) is 1.17. The molecule has 6 rings (SSSR count). The van der Waals surface area contributed by atoms with Crippen molar-refractivity contribution in [2.45, 2.75) is 30.2 Å². The Hall–Kier alpha value is -3.40. The Kier molecular flexibility index (Phi) is 5.91. The minimum atomic E-state index is -1.46. The van der Waals surface area contributed by atoms with E-state index in [9.17, 15) is 4.21 Å². The van der Waals surface area contributed by atoms with Crippen LogP contribution in [0.25, 0.3) is 10.9 Å². The Morgan fingerprint density at radius 2 is 1.89 bits per heavy atom. The van der Waals surface area contributed by atoms with Gasteiger partial charge < -0.3 is 16.0 Å². The van der Waals surface area contributed by atoms with E-state index in [0.29, 0.717) is 29.2 Å². The molecule has 0 amide bonds. The molecule has 2 aromatic carbocycles. The summed E-state index contributed by atoms with van der Waals surface area (Å²) in [6.07, 6.45) is 3.59. The molecule has 0 spiro atoms. The number of benzene rings is 2. The number of piperazine rings is 1. The molecule has 0 aliphatic carbocycles. The lowest BCUT2D eigenvalue weighted by Crippen LogP contribution is -2.42. The van der Waals surface area contributed by atoms with Gasteiger partial charge in [-0.1, -0.05) is 44.2 Å². The maximum Gasteiger partial charge on any atom is 0.229 e. The van der Waals surface area contributed by atoms with Crippen molar-refractivity contribution in [3.8, 4) is 0 Å². The highest BCUT2D eigenvalue weighted by molar-refractivity contribution is 7.86. The van der Waals surface area contributed by atoms with Crippen molar-refractivity contribution in [3.05, 3.63) is 78.1 Å². The predicted octanol–water partition coefficient (Wildman–Crippen LogP) is 3.82. The largest absolute Gasteiger partial charge is 0.324 e. The van der Waals surface area contributed by atoms with Gasteiger partial charge in [0.2, 0.25) is 5.95 Å². The Morgan fingerprint density at radius 1 is 1.06 bits per heavy atom. The average molecular weight is 500 g/mol. The number of anilines is 3. The number of para-hydroxylation sites is 1. The molecule has 9 heteroatoms. The summed E-state index contributed by atoms with van der Waals surface area (Å²) >= 11 is 0. The van der Waals surface area contributed by atoms with E-state index in [1.165, 1.54) is 5.56 Å². The standard InChI is InChI=1S/C27H29N7OS/c1-27(2)17-34(36(35)23-7-3-5-19-6-4-12-30-24(19)23)25-21(27)15-31-26(33-25)32-20-10-8-18(9-11-20)22-16-28-13-14-29-22/h3-12,15,22,28-29H,13-14,16-17H2,1-2H3,(H,31,32,33). The Morgan fingerprint density at radius 3 is 2.69 bits per heavy atom. The van der Waals surface area contributed by atoms with Crippen LogP contribution in [0.4, 0.5) is 17.5 Å². The van der Waals surface area contributed by atoms with Crippen molar-refractivity contribution in [1.29, 1.82) is 0 Å². The molecule has 184 valence electrons. The zero-order valence-electron chi connectivity index (χ0n) is 20.4. The van der Waals surface area contributed by atoms with Gasteiger partial charge in [-0.2, -0.15) is 4.98 Å². The summed E-state index contributed by atoms with van der Waals surface area (Å²) < 4.78 is 15.7. The molecule has 0 radical (unpaired) electrons. The van der Waals surface area contributed by atoms with Crippen molar-refractivity contribution >= 4 is 39.3 Å². The summed E-state index contributed by atoms with van der Waals surface area (Å²) in [7, 11) is -1.46. The zero-order chi connectivity index (χ0) is 24.7. The second kappa shape index (κ2) is 9.24. The highest BCUT2D eigenvalue weighted by atomic mass is 32.2. The lowest BCUT2D eigenvalue weighted by molar-refractivity contribution is 0.430. The fraction of sp³-hybridized carbons (Fsp3) is 0.296. The molecule has 8 nitrogen and oxygen atoms in total. The number of pyridine rings is 1. The monoisotopic (exact) mass is 499 g/mol. The van der Waals surface area contributed by atoms with Crippen molar-refractivity contribution < 1.29 is 4.21 Å². The number of nitrogens with one attached hydrogen (secondary N) is 3. The summed E-state index contributed by atoms with van der Waals surface area (Å²) in [5.41, 5.74) is 3.66. The van der Waals surface area contributed by atoms with Crippen LogP contribution in [0.15, 0.2) is 71.9 Å². The van der Waals surface area contributed by atoms with Crippen LogP contribution in [-0.4, -0.2) is 45.3 Å². The quantitative estimate of drug-likeness (QED) is 0.384. The molecule has 1 fully saturated rings. The van der Waals surface area contributed by atoms with Gasteiger partial charge in [0.1, 0.15) is 5.82 Å². The molecule has 1 saturated heterocycles. The molecule has 2 aromatic heterocycles. The van der Waals surface area contributed by atoms with Crippen molar-refractivity contribution in [1.82, 2.24) is 25.6 Å². The lowest BCUT2D eigenvalue weighted by atomic mass is 9.89. The fourth-order valence-electron chi connectivity index (χ4n) is 4.91. The first-order valence-corrected chi connectivity index (χ1v) is 13.3. The molecule has 0 bridgehead atoms. The molecule has 4 aromatic rings. The number of nitrogens with zero attached hydrogens (tertiary/aromatic N) is 4. The van der Waals surface area contributed by atoms with Crippen LogP contribution < -0.4 is 20.3 Å². The summed E-state index contributed by atoms with van der Waals surface area (Å²) in [4.78, 5) is 14.6. The third-order valence-electron chi connectivity index (χ3n) is 6.87. The third-order valence-corrected chi connectivity index (χ3v) is 8.28. The second-order valence-electron chi connectivity index (χ2n) is 9.89. The molecule has 0 saturated carbocycles. The minimum Gasteiger partial charge on any atom is -0.324 e. The first-order chi connectivity index (χ1) is 17.5. The Labute approximate surface area is 213 Å². The molecular formula is C27H29N7OS. The first kappa shape index (κ1) is 23.0. The molecule has 36 heavy (non-hydrogen) atoms. The Bertz CT molecular complexity index is 1430. The first-order valence-electron chi connectivity index (χ1n) is 12.2. The van der Waals surface area contributed by atoms with Gasteiger partial charge in [-0.25, -0.2) is 9.19 Å². The van der Waals surface area contributed by atoms with Crippen LogP contribution in [0, 0.1) is 0 Å². The lowest BCUT2D eigenvalue weighted by Gasteiger charge is -2.25. The van der Waals surface area contributed by atoms with Gasteiger partial charge in [0.05, 0.1) is 10.4 Å². The summed E-state index contributed by atoms with van der Waals surface area (Å²) in [6.45, 7) is 7.74. The molecular weight excluding hydrogens is 470 g/mol. The third kappa shape index (κ3) is 4.23. The molecule has 2 aliphatic heterocycles. The SMILES string of the molecule is CC1(C)CN(S(=O)c2cccc3cccnc23)c2nc(Nc3ccc(C4CNCCN4)cc3)ncc21. The number of hydrogen-bond acceptors (Lipinski definition) is 7. The van der Waals surface area contributed by atoms with E-state index in [2.05, 4.69) is 51.9 Å². The normalized spacial score (nSPS) is 19.7. The van der Waals surface area contributed by atoms with E-state index >= 15 is 0 Å². The van der Waals surface area contributed by atoms with Crippen molar-refractivity contribution in [3.63, 3.8) is 0 Å². The van der Waals surface area contributed by atoms with Gasteiger partial charge in [-0.05, 0) is 29.8 Å². The van der Waals surface area contributed by atoms with Crippen LogP contribution in [0.1, 0.15) is 31.0 Å². The zero-order valence-corrected chi connectivity index (χ0v) is 21.2. The van der Waals surface area contributed by atoms with Crippen LogP contribution in [-0.2, 0) is 16.4 Å². The van der Waals surface area contributed by atoms with E-state index in [-0.39, 0.29) is 5.41 Å². The molecule has 2 unspecified atom stereocenters. The van der Waals surface area contributed by atoms with E-state index in [1.54, 1.807) is 6.20 Å². The predicted molar refractivity (Wildman–Crippen MR) is 144 cm³/mol. The second-order valence-corrected chi connectivity index (χ2v) is 11.3. The van der Waals surface area contributed by atoms with Gasteiger partial charge >= 0.3 is 0 Å². The minimum absolute atomic E-state index is 0.232. The highest BCUT2D eigenvalue weighted by Crippen LogP contribution is 2.41. The van der Waals surface area contributed by atoms with Crippen molar-refractivity contribution in [2.24, 2.45) is 0 Å². The fourth-order valence-corrected chi connectivity index (χ4v) is 6.41. The van der Waals surface area contributed by atoms with Gasteiger partial charge in [-0.15, -0.1) is 0 Å². The molecule has 4 heterocycles. The molecule has 2 atom stereocenters. The number of fused-ring (bicyclic) bond motifs is 2. The Balaban J connectivity index is 1.29. The number of rotatable bonds is 5. The van der Waals surface area contributed by atoms with Gasteiger partial charge in [0.15, 0.2) is 11.0 Å². The number of hydrogen-bond donors (Lipinski definition) is 3. The van der Waals surface area contributed by atoms with E-state index < -0.39 is 11.0 Å². The molecule has 2 aliphatic rings. The van der Waals surface area contributed by atoms with E-state index in [0.717, 1.165) is 41.8 Å². The number of aromatic nitrogens is 3. The van der Waals surface area contributed by atoms with E-state index in [4.69, 9.17) is 4.98 Å². The van der Waals surface area contributed by atoms with Gasteiger partial charge in [0.25, 0.3) is 0 Å². The van der Waals surface area contributed by atoms with Gasteiger partial charge in [0, 0.05) is 66.7 Å². The summed E-state index contributed by atoms with van der Waals surface area (Å²) in [6, 6.07) is 18.3. The van der Waals surface area contributed by atoms with E-state index in [1.807, 2.05) is 53.0 Å². The van der Waals surface area contributed by atoms with Crippen LogP contribution >= 0.6 is 0 Å². The maximum atomic E-state index is 13.9. The smallest absolute Gasteiger partial charge is 0.229 e. The van der Waals surface area contributed by atoms with Crippen LogP contribution in [0.2, 0.25) is 0 Å². The average Bonchev–Trinajstić information content (AvgIpc) is 3.19. The van der Waals surface area contributed by atoms with Crippen LogP contribution in [0.3, 0.4) is 0 Å². The van der Waals surface area contributed by atoms with Crippen LogP contribution in [0.5, 0.6) is 0 Å². The summed E-state index contributed by atoms with van der Waals surface area (Å²) in [5, 5.41) is 11.2. The maximum absolute atomic E-state index is 13.9. The highest BCUT2D eigenvalue weighted by Gasteiger charge is 2.40. The van der Waals surface area contributed by atoms with Gasteiger partial charge in [-0.3, -0.25) is 9.29 Å². The molecule has 3 N–H and O–H groups in total. The van der Waals surface area contributed by atoms with Crippen molar-refractivity contribution in [2.75, 3.05) is 35.8 Å².